The zero-order valence-electron chi connectivity index (χ0n) is 22.4. The maximum atomic E-state index is 13.7. The fraction of sp³-hybridized carbons (Fsp3) is 0.323. The molecule has 40 heavy (non-hydrogen) atoms. The Labute approximate surface area is 232 Å². The van der Waals surface area contributed by atoms with E-state index in [4.69, 9.17) is 14.2 Å². The first-order valence-electron chi connectivity index (χ1n) is 13.6. The van der Waals surface area contributed by atoms with Gasteiger partial charge in [0.2, 0.25) is 0 Å². The van der Waals surface area contributed by atoms with Gasteiger partial charge in [-0.15, -0.1) is 5.10 Å². The van der Waals surface area contributed by atoms with Crippen molar-refractivity contribution in [3.8, 4) is 22.8 Å². The molecule has 9 heteroatoms. The van der Waals surface area contributed by atoms with Crippen LogP contribution in [0.1, 0.15) is 39.0 Å². The third-order valence-corrected chi connectivity index (χ3v) is 7.36. The summed E-state index contributed by atoms with van der Waals surface area (Å²) in [4.78, 5) is 13.7. The summed E-state index contributed by atoms with van der Waals surface area (Å²) in [6, 6.07) is 19.5. The smallest absolute Gasteiger partial charge is 0.255 e. The zero-order valence-corrected chi connectivity index (χ0v) is 22.4. The number of benzene rings is 3. The number of nitrogens with zero attached hydrogens (tertiary/aromatic N) is 3. The van der Waals surface area contributed by atoms with Gasteiger partial charge in [0.25, 0.3) is 5.91 Å². The molecule has 2 aliphatic rings. The molecule has 0 radical (unpaired) electrons. The van der Waals surface area contributed by atoms with Gasteiger partial charge in [-0.25, -0.2) is 0 Å². The lowest BCUT2D eigenvalue weighted by atomic mass is 9.95. The second kappa shape index (κ2) is 11.5. The molecule has 3 aromatic carbocycles. The summed E-state index contributed by atoms with van der Waals surface area (Å²) in [7, 11) is 1.84. The van der Waals surface area contributed by atoms with Gasteiger partial charge in [0.15, 0.2) is 0 Å². The van der Waals surface area contributed by atoms with Gasteiger partial charge in [-0.2, -0.15) is 0 Å². The highest BCUT2D eigenvalue weighted by molar-refractivity contribution is 5.98. The first-order chi connectivity index (χ1) is 19.5. The lowest BCUT2D eigenvalue weighted by molar-refractivity contribution is -0.0261. The summed E-state index contributed by atoms with van der Waals surface area (Å²) in [6.07, 6.45) is 2.91. The van der Waals surface area contributed by atoms with Crippen molar-refractivity contribution in [3.63, 3.8) is 0 Å². The molecular weight excluding hydrogens is 508 g/mol. The molecule has 1 amide bonds. The summed E-state index contributed by atoms with van der Waals surface area (Å²) in [5.74, 6) is 1.05. The number of hydrogen-bond donors (Lipinski definition) is 2. The molecule has 0 spiro atoms. The van der Waals surface area contributed by atoms with Crippen molar-refractivity contribution >= 4 is 5.91 Å². The van der Waals surface area contributed by atoms with Crippen LogP contribution in [0.25, 0.3) is 11.3 Å². The number of ether oxygens (including phenoxy) is 3. The van der Waals surface area contributed by atoms with Gasteiger partial charge in [0.05, 0.1) is 37.1 Å². The van der Waals surface area contributed by atoms with Crippen LogP contribution in [0.4, 0.5) is 0 Å². The number of amides is 1. The topological polar surface area (TPSA) is 108 Å². The van der Waals surface area contributed by atoms with Gasteiger partial charge in [-0.1, -0.05) is 59.8 Å². The quantitative estimate of drug-likeness (QED) is 0.352. The van der Waals surface area contributed by atoms with Crippen molar-refractivity contribution in [1.82, 2.24) is 20.3 Å². The number of rotatable bonds is 8. The minimum atomic E-state index is -0.753. The average molecular weight is 541 g/mol. The number of fused-ring (bicyclic) bond motifs is 1. The molecule has 0 saturated carbocycles. The Kier molecular flexibility index (Phi) is 7.48. The summed E-state index contributed by atoms with van der Waals surface area (Å²) in [6.45, 7) is 1.55. The predicted octanol–water partition coefficient (Wildman–Crippen LogP) is 3.47. The van der Waals surface area contributed by atoms with Crippen LogP contribution < -0.4 is 14.8 Å². The number of aromatic nitrogens is 3. The third kappa shape index (κ3) is 5.57. The van der Waals surface area contributed by atoms with E-state index in [9.17, 15) is 9.90 Å². The second-order valence-corrected chi connectivity index (χ2v) is 10.3. The van der Waals surface area contributed by atoms with E-state index in [1.54, 1.807) is 4.68 Å². The summed E-state index contributed by atoms with van der Waals surface area (Å²) in [5, 5.41) is 21.6. The second-order valence-electron chi connectivity index (χ2n) is 10.3. The van der Waals surface area contributed by atoms with E-state index in [0.29, 0.717) is 50.4 Å². The molecule has 3 heterocycles. The summed E-state index contributed by atoms with van der Waals surface area (Å²) >= 11 is 0. The van der Waals surface area contributed by atoms with Crippen LogP contribution in [-0.2, 0) is 31.2 Å². The summed E-state index contributed by atoms with van der Waals surface area (Å²) < 4.78 is 19.5. The number of aryl methyl sites for hydroxylation is 1. The van der Waals surface area contributed by atoms with Crippen LogP contribution in [0.5, 0.6) is 11.5 Å². The third-order valence-electron chi connectivity index (χ3n) is 7.36. The highest BCUT2D eigenvalue weighted by atomic mass is 16.5. The molecule has 4 aromatic rings. The van der Waals surface area contributed by atoms with E-state index in [1.165, 1.54) is 0 Å². The Morgan fingerprint density at radius 3 is 2.70 bits per heavy atom. The highest BCUT2D eigenvalue weighted by Gasteiger charge is 2.31. The van der Waals surface area contributed by atoms with Crippen molar-refractivity contribution in [3.05, 3.63) is 94.7 Å². The van der Waals surface area contributed by atoms with Gasteiger partial charge in [0.1, 0.15) is 23.8 Å². The van der Waals surface area contributed by atoms with Crippen LogP contribution in [0.3, 0.4) is 0 Å². The molecule has 0 unspecified atom stereocenters. The molecule has 1 aromatic heterocycles. The van der Waals surface area contributed by atoms with E-state index in [0.717, 1.165) is 39.3 Å². The Morgan fingerprint density at radius 1 is 1.12 bits per heavy atom. The fourth-order valence-electron chi connectivity index (χ4n) is 5.25. The predicted molar refractivity (Wildman–Crippen MR) is 148 cm³/mol. The van der Waals surface area contributed by atoms with Crippen molar-refractivity contribution < 1.29 is 24.1 Å². The number of hydrogen-bond acceptors (Lipinski definition) is 7. The van der Waals surface area contributed by atoms with Gasteiger partial charge >= 0.3 is 0 Å². The maximum absolute atomic E-state index is 13.7. The van der Waals surface area contributed by atoms with Gasteiger partial charge < -0.3 is 24.6 Å². The first-order valence-corrected chi connectivity index (χ1v) is 13.6. The zero-order chi connectivity index (χ0) is 27.5. The molecule has 9 nitrogen and oxygen atoms in total. The Hall–Kier alpha value is -4.21. The number of nitrogens with one attached hydrogen (secondary N) is 1. The van der Waals surface area contributed by atoms with E-state index in [2.05, 4.69) is 27.8 Å². The molecule has 0 aliphatic carbocycles. The van der Waals surface area contributed by atoms with Crippen molar-refractivity contribution in [2.45, 2.75) is 38.0 Å². The molecule has 6 rings (SSSR count). The van der Waals surface area contributed by atoms with Crippen LogP contribution in [0.15, 0.2) is 66.9 Å². The fourth-order valence-corrected chi connectivity index (χ4v) is 5.25. The molecule has 0 bridgehead atoms. The van der Waals surface area contributed by atoms with Crippen LogP contribution in [-0.4, -0.2) is 58.0 Å². The standard InChI is InChI=1S/C31H32N4O5/c1-35-17-27(33-34-35)22-9-7-20(8-10-22)15-23-16-25(31(37)32-26-12-13-38-19-28(26)36)30(24-11-14-39-29(23)24)40-18-21-5-3-2-4-6-21/h2-10,16-17,26,28,36H,11-15,18-19H2,1H3,(H,32,37)/t26-,28-/m0/s1. The van der Waals surface area contributed by atoms with Crippen molar-refractivity contribution in [2.75, 3.05) is 19.8 Å². The SMILES string of the molecule is Cn1cc(-c2ccc(Cc3cc(C(=O)N[C@H]4CCOC[C@@H]4O)c(OCc4ccccc4)c4c3OCC4)cc2)nn1. The minimum absolute atomic E-state index is 0.205. The maximum Gasteiger partial charge on any atom is 0.255 e. The molecule has 2 N–H and O–H groups in total. The van der Waals surface area contributed by atoms with Crippen LogP contribution in [0.2, 0.25) is 0 Å². The number of carbonyl (C=O) groups excluding carboxylic acids is 1. The number of carbonyl (C=O) groups is 1. The monoisotopic (exact) mass is 540 g/mol. The minimum Gasteiger partial charge on any atom is -0.493 e. The van der Waals surface area contributed by atoms with Crippen LogP contribution >= 0.6 is 0 Å². The van der Waals surface area contributed by atoms with E-state index < -0.39 is 6.10 Å². The first kappa shape index (κ1) is 26.0. The van der Waals surface area contributed by atoms with Gasteiger partial charge in [-0.3, -0.25) is 9.48 Å². The van der Waals surface area contributed by atoms with E-state index in [-0.39, 0.29) is 18.6 Å². The van der Waals surface area contributed by atoms with Crippen molar-refractivity contribution in [2.24, 2.45) is 7.05 Å². The lowest BCUT2D eigenvalue weighted by Gasteiger charge is -2.29. The Morgan fingerprint density at radius 2 is 1.95 bits per heavy atom. The molecule has 206 valence electrons. The summed E-state index contributed by atoms with van der Waals surface area (Å²) in [5.41, 5.74) is 6.16. The molecule has 2 aliphatic heterocycles. The lowest BCUT2D eigenvalue weighted by Crippen LogP contribution is -2.48. The molecule has 1 fully saturated rings. The molecule has 1 saturated heterocycles. The van der Waals surface area contributed by atoms with Gasteiger partial charge in [-0.05, 0) is 29.2 Å². The van der Waals surface area contributed by atoms with Gasteiger partial charge in [0, 0.05) is 37.6 Å². The highest BCUT2D eigenvalue weighted by Crippen LogP contribution is 2.41. The average Bonchev–Trinajstić information content (AvgIpc) is 3.64. The largest absolute Gasteiger partial charge is 0.493 e. The van der Waals surface area contributed by atoms with Crippen molar-refractivity contribution in [1.29, 1.82) is 0 Å². The number of aliphatic hydroxyl groups is 1. The van der Waals surface area contributed by atoms with Crippen LogP contribution in [0, 0.1) is 0 Å². The Bertz CT molecular complexity index is 1490. The Balaban J connectivity index is 1.32. The normalized spacial score (nSPS) is 18.1. The molecule has 2 atom stereocenters. The number of aliphatic hydroxyl groups excluding tert-OH is 1. The van der Waals surface area contributed by atoms with E-state index in [1.807, 2.05) is 61.8 Å². The molecular formula is C31H32N4O5. The van der Waals surface area contributed by atoms with E-state index >= 15 is 0 Å².